The van der Waals surface area contributed by atoms with E-state index in [1.807, 2.05) is 6.92 Å². The van der Waals surface area contributed by atoms with Crippen molar-refractivity contribution in [1.82, 2.24) is 0 Å². The molecule has 0 saturated carbocycles. The van der Waals surface area contributed by atoms with Crippen LogP contribution in [-0.4, -0.2) is 24.2 Å². The van der Waals surface area contributed by atoms with Crippen LogP contribution in [0.15, 0.2) is 54.4 Å². The number of carbonyl (C=O) groups is 1. The number of aryl methyl sites for hydroxylation is 1. The van der Waals surface area contributed by atoms with E-state index >= 15 is 8.78 Å². The Morgan fingerprint density at radius 3 is 1.81 bits per heavy atom. The van der Waals surface area contributed by atoms with Gasteiger partial charge in [0.15, 0.2) is 0 Å². The fourth-order valence-electron chi connectivity index (χ4n) is 4.87. The molecule has 43 heavy (non-hydrogen) atoms. The van der Waals surface area contributed by atoms with Gasteiger partial charge in [0, 0.05) is 6.42 Å². The molecule has 1 atom stereocenters. The van der Waals surface area contributed by atoms with E-state index in [0.717, 1.165) is 30.7 Å². The Balaban J connectivity index is 1.53. The standard InChI is InChI=1S/C31H24F10O2/c1-2-3-4-16-11-23(33)28(24(34)12-16)19-13-25(35)27(26(36)14-19)18-7-5-17(6-8-18)21-10-9-20(15-22(21)32)43-29(42)30(37,38)31(39,40)41/h5-8,11-14,20H,2-4,9-10,15H2,1H3. The van der Waals surface area contributed by atoms with Gasteiger partial charge in [-0.05, 0) is 77.8 Å². The summed E-state index contributed by atoms with van der Waals surface area (Å²) < 4.78 is 142. The molecule has 2 nitrogen and oxygen atoms in total. The van der Waals surface area contributed by atoms with Crippen LogP contribution in [-0.2, 0) is 16.0 Å². The molecule has 1 unspecified atom stereocenters. The first-order valence-corrected chi connectivity index (χ1v) is 13.2. The molecular formula is C31H24F10O2. The minimum atomic E-state index is -6.16. The number of benzene rings is 3. The fraction of sp³-hybridized carbons (Fsp3) is 0.323. The molecule has 0 aromatic heterocycles. The first-order valence-electron chi connectivity index (χ1n) is 13.2. The van der Waals surface area contributed by atoms with Crippen molar-refractivity contribution in [1.29, 1.82) is 0 Å². The second-order valence-corrected chi connectivity index (χ2v) is 10.2. The van der Waals surface area contributed by atoms with Crippen molar-refractivity contribution < 1.29 is 53.4 Å². The van der Waals surface area contributed by atoms with Gasteiger partial charge in [0.1, 0.15) is 35.2 Å². The lowest BCUT2D eigenvalue weighted by molar-refractivity contribution is -0.282. The third-order valence-corrected chi connectivity index (χ3v) is 7.11. The molecule has 12 heteroatoms. The molecular weight excluding hydrogens is 594 g/mol. The molecule has 0 amide bonds. The van der Waals surface area contributed by atoms with E-state index in [-0.39, 0.29) is 35.1 Å². The number of esters is 1. The van der Waals surface area contributed by atoms with Crippen molar-refractivity contribution in [3.8, 4) is 22.3 Å². The summed E-state index contributed by atoms with van der Waals surface area (Å²) in [5, 5.41) is 0. The topological polar surface area (TPSA) is 26.3 Å². The van der Waals surface area contributed by atoms with Crippen molar-refractivity contribution >= 4 is 11.5 Å². The van der Waals surface area contributed by atoms with Crippen LogP contribution >= 0.6 is 0 Å². The van der Waals surface area contributed by atoms with E-state index < -0.39 is 70.8 Å². The van der Waals surface area contributed by atoms with Crippen molar-refractivity contribution in [2.45, 2.75) is 63.7 Å². The van der Waals surface area contributed by atoms with Crippen LogP contribution in [0.4, 0.5) is 43.9 Å². The molecule has 4 rings (SSSR count). The van der Waals surface area contributed by atoms with E-state index in [0.29, 0.717) is 18.4 Å². The summed E-state index contributed by atoms with van der Waals surface area (Å²) in [5.41, 5.74) is -0.717. The lowest BCUT2D eigenvalue weighted by Gasteiger charge is -2.26. The highest BCUT2D eigenvalue weighted by atomic mass is 19.4. The number of unbranched alkanes of at least 4 members (excludes halogenated alkanes) is 1. The van der Waals surface area contributed by atoms with Gasteiger partial charge in [-0.25, -0.2) is 26.7 Å². The summed E-state index contributed by atoms with van der Waals surface area (Å²) in [6.07, 6.45) is -6.92. The lowest BCUT2D eigenvalue weighted by Crippen LogP contribution is -2.46. The van der Waals surface area contributed by atoms with Crippen LogP contribution < -0.4 is 0 Å². The first kappa shape index (κ1) is 32.1. The highest BCUT2D eigenvalue weighted by Crippen LogP contribution is 2.40. The van der Waals surface area contributed by atoms with Gasteiger partial charge in [0.05, 0.1) is 11.1 Å². The number of alkyl halides is 5. The van der Waals surface area contributed by atoms with Gasteiger partial charge in [-0.3, -0.25) is 0 Å². The molecule has 3 aromatic rings. The predicted molar refractivity (Wildman–Crippen MR) is 139 cm³/mol. The lowest BCUT2D eigenvalue weighted by atomic mass is 9.90. The maximum Gasteiger partial charge on any atom is 0.465 e. The smallest absolute Gasteiger partial charge is 0.457 e. The SMILES string of the molecule is CCCCc1cc(F)c(-c2cc(F)c(-c3ccc(C4=C(F)CC(OC(=O)C(F)(F)C(F)(F)F)CC4)cc3)c(F)c2)c(F)c1. The molecule has 0 saturated heterocycles. The maximum atomic E-state index is 15.1. The van der Waals surface area contributed by atoms with Gasteiger partial charge < -0.3 is 4.74 Å². The van der Waals surface area contributed by atoms with Gasteiger partial charge in [-0.2, -0.15) is 22.0 Å². The molecule has 0 heterocycles. The van der Waals surface area contributed by atoms with Crippen LogP contribution in [0.5, 0.6) is 0 Å². The molecule has 0 radical (unpaired) electrons. The van der Waals surface area contributed by atoms with E-state index in [9.17, 15) is 39.9 Å². The van der Waals surface area contributed by atoms with Crippen molar-refractivity contribution in [3.63, 3.8) is 0 Å². The number of ether oxygens (including phenoxy) is 1. The highest BCUT2D eigenvalue weighted by Gasteiger charge is 2.65. The average molecular weight is 619 g/mol. The highest BCUT2D eigenvalue weighted by molar-refractivity contribution is 5.79. The normalized spacial score (nSPS) is 16.0. The zero-order valence-corrected chi connectivity index (χ0v) is 22.5. The third kappa shape index (κ3) is 6.73. The molecule has 0 spiro atoms. The second-order valence-electron chi connectivity index (χ2n) is 10.2. The van der Waals surface area contributed by atoms with Crippen LogP contribution in [0, 0.1) is 23.3 Å². The Hall–Kier alpha value is -3.83. The Morgan fingerprint density at radius 2 is 1.30 bits per heavy atom. The summed E-state index contributed by atoms with van der Waals surface area (Å²) in [4.78, 5) is 11.3. The molecule has 3 aromatic carbocycles. The molecule has 0 bridgehead atoms. The monoisotopic (exact) mass is 618 g/mol. The third-order valence-electron chi connectivity index (χ3n) is 7.11. The number of hydrogen-bond acceptors (Lipinski definition) is 2. The number of rotatable bonds is 8. The molecule has 230 valence electrons. The Labute approximate surface area is 240 Å². The molecule has 1 aliphatic carbocycles. The second kappa shape index (κ2) is 12.4. The van der Waals surface area contributed by atoms with E-state index in [1.54, 1.807) is 0 Å². The van der Waals surface area contributed by atoms with Gasteiger partial charge in [-0.1, -0.05) is 37.6 Å². The quantitative estimate of drug-likeness (QED) is 0.186. The summed E-state index contributed by atoms with van der Waals surface area (Å²) in [6, 6.07) is 9.00. The van der Waals surface area contributed by atoms with Crippen molar-refractivity contribution in [2.24, 2.45) is 0 Å². The van der Waals surface area contributed by atoms with Gasteiger partial charge in [0.25, 0.3) is 0 Å². The number of halogens is 10. The van der Waals surface area contributed by atoms with E-state index in [2.05, 4.69) is 4.74 Å². The van der Waals surface area contributed by atoms with Crippen LogP contribution in [0.1, 0.15) is 50.2 Å². The van der Waals surface area contributed by atoms with Gasteiger partial charge in [0.2, 0.25) is 0 Å². The Bertz CT molecular complexity index is 1500. The maximum absolute atomic E-state index is 15.1. The Kier molecular flexibility index (Phi) is 9.27. The van der Waals surface area contributed by atoms with Crippen molar-refractivity contribution in [3.05, 3.63) is 88.8 Å². The average Bonchev–Trinajstić information content (AvgIpc) is 2.91. The van der Waals surface area contributed by atoms with Gasteiger partial charge >= 0.3 is 18.1 Å². The molecule has 0 fully saturated rings. The van der Waals surface area contributed by atoms with E-state index in [4.69, 9.17) is 0 Å². The summed E-state index contributed by atoms with van der Waals surface area (Å²) in [5.74, 6) is -13.6. The summed E-state index contributed by atoms with van der Waals surface area (Å²) in [7, 11) is 0. The number of hydrogen-bond donors (Lipinski definition) is 0. The molecule has 0 aliphatic heterocycles. The largest absolute Gasteiger partial charge is 0.465 e. The number of carbonyl (C=O) groups excluding carboxylic acids is 1. The van der Waals surface area contributed by atoms with Gasteiger partial charge in [-0.15, -0.1) is 0 Å². The predicted octanol–water partition coefficient (Wildman–Crippen LogP) is 9.89. The van der Waals surface area contributed by atoms with Crippen molar-refractivity contribution in [2.75, 3.05) is 0 Å². The Morgan fingerprint density at radius 1 is 0.791 bits per heavy atom. The minimum absolute atomic E-state index is 0.0131. The van der Waals surface area contributed by atoms with Crippen LogP contribution in [0.3, 0.4) is 0 Å². The number of allylic oxidation sites excluding steroid dienone is 1. The van der Waals surface area contributed by atoms with E-state index in [1.165, 1.54) is 24.3 Å². The summed E-state index contributed by atoms with van der Waals surface area (Å²) >= 11 is 0. The zero-order chi connectivity index (χ0) is 31.7. The van der Waals surface area contributed by atoms with Crippen LogP contribution in [0.25, 0.3) is 27.8 Å². The molecule has 1 aliphatic rings. The minimum Gasteiger partial charge on any atom is -0.457 e. The molecule has 0 N–H and O–H groups in total. The first-order chi connectivity index (χ1) is 20.1. The van der Waals surface area contributed by atoms with Crippen LogP contribution in [0.2, 0.25) is 0 Å². The fourth-order valence-corrected chi connectivity index (χ4v) is 4.87. The zero-order valence-electron chi connectivity index (χ0n) is 22.5. The summed E-state index contributed by atoms with van der Waals surface area (Å²) in [6.45, 7) is 1.92.